The number of methoxy groups -OCH3 is 1. The van der Waals surface area contributed by atoms with Crippen LogP contribution in [-0.2, 0) is 9.59 Å². The Labute approximate surface area is 193 Å². The minimum Gasteiger partial charge on any atom is -0.497 e. The molecule has 0 radical (unpaired) electrons. The lowest BCUT2D eigenvalue weighted by Crippen LogP contribution is -2.43. The Hall–Kier alpha value is -3.97. The summed E-state index contributed by atoms with van der Waals surface area (Å²) in [5.41, 5.74) is 2.02. The van der Waals surface area contributed by atoms with Gasteiger partial charge in [-0.2, -0.15) is 0 Å². The molecule has 0 aromatic heterocycles. The molecule has 7 heteroatoms. The zero-order chi connectivity index (χ0) is 23.8. The lowest BCUT2D eigenvalue weighted by Gasteiger charge is -2.23. The summed E-state index contributed by atoms with van der Waals surface area (Å²) in [5.74, 6) is -0.0437. The lowest BCUT2D eigenvalue weighted by atomic mass is 10.0. The third-order valence-corrected chi connectivity index (χ3v) is 5.27. The number of likely N-dealkylation sites (N-methyl/N-ethyl adjacent to an activating group) is 1. The van der Waals surface area contributed by atoms with Crippen LogP contribution < -0.4 is 15.4 Å². The smallest absolute Gasteiger partial charge is 0.241 e. The van der Waals surface area contributed by atoms with E-state index in [-0.39, 0.29) is 24.1 Å². The molecule has 2 N–H and O–H groups in total. The number of carbonyl (C=O) groups is 3. The van der Waals surface area contributed by atoms with Crippen LogP contribution in [0, 0.1) is 0 Å². The van der Waals surface area contributed by atoms with Crippen LogP contribution in [0.1, 0.15) is 22.8 Å². The average Bonchev–Trinajstić information content (AvgIpc) is 2.84. The molecule has 3 aromatic rings. The van der Waals surface area contributed by atoms with Crippen molar-refractivity contribution in [2.75, 3.05) is 31.3 Å². The molecule has 0 aliphatic heterocycles. The first-order valence-corrected chi connectivity index (χ1v) is 10.5. The highest BCUT2D eigenvalue weighted by molar-refractivity contribution is 6.14. The van der Waals surface area contributed by atoms with E-state index < -0.39 is 6.04 Å². The summed E-state index contributed by atoms with van der Waals surface area (Å²) in [6.45, 7) is 1.73. The second-order valence-corrected chi connectivity index (χ2v) is 7.60. The predicted molar refractivity (Wildman–Crippen MR) is 129 cm³/mol. The predicted octanol–water partition coefficient (Wildman–Crippen LogP) is 3.82. The van der Waals surface area contributed by atoms with E-state index in [0.717, 1.165) is 0 Å². The molecule has 7 nitrogen and oxygen atoms in total. The Morgan fingerprint density at radius 3 is 2.18 bits per heavy atom. The fraction of sp³-hybridized carbons (Fsp3) is 0.192. The number of carbonyl (C=O) groups excluding carboxylic acids is 3. The van der Waals surface area contributed by atoms with Gasteiger partial charge in [0.2, 0.25) is 11.8 Å². The number of hydrogen-bond donors (Lipinski definition) is 2. The van der Waals surface area contributed by atoms with Crippen LogP contribution in [0.15, 0.2) is 78.9 Å². The Kier molecular flexibility index (Phi) is 7.94. The van der Waals surface area contributed by atoms with E-state index in [9.17, 15) is 14.4 Å². The summed E-state index contributed by atoms with van der Waals surface area (Å²) in [5, 5.41) is 5.63. The van der Waals surface area contributed by atoms with Crippen LogP contribution in [0.2, 0.25) is 0 Å². The Morgan fingerprint density at radius 1 is 0.879 bits per heavy atom. The van der Waals surface area contributed by atoms with Crippen molar-refractivity contribution in [1.29, 1.82) is 0 Å². The van der Waals surface area contributed by atoms with Gasteiger partial charge in [-0.25, -0.2) is 0 Å². The SMILES string of the molecule is COc1ccc(NC(=O)CN(C)[C@H](C)C(=O)Nc2ccccc2C(=O)c2ccccc2)cc1. The van der Waals surface area contributed by atoms with Crippen LogP contribution in [0.25, 0.3) is 0 Å². The first-order valence-electron chi connectivity index (χ1n) is 10.5. The van der Waals surface area contributed by atoms with Crippen molar-refractivity contribution in [2.45, 2.75) is 13.0 Å². The first kappa shape index (κ1) is 23.7. The van der Waals surface area contributed by atoms with Crippen molar-refractivity contribution in [3.8, 4) is 5.75 Å². The summed E-state index contributed by atoms with van der Waals surface area (Å²) in [4.78, 5) is 39.8. The maximum Gasteiger partial charge on any atom is 0.241 e. The van der Waals surface area contributed by atoms with E-state index in [1.165, 1.54) is 0 Å². The van der Waals surface area contributed by atoms with Crippen LogP contribution >= 0.6 is 0 Å². The third kappa shape index (κ3) is 6.27. The largest absolute Gasteiger partial charge is 0.497 e. The molecule has 2 amide bonds. The minimum atomic E-state index is -0.605. The maximum atomic E-state index is 12.9. The summed E-state index contributed by atoms with van der Waals surface area (Å²) in [7, 11) is 3.27. The first-order chi connectivity index (χ1) is 15.9. The van der Waals surface area contributed by atoms with E-state index >= 15 is 0 Å². The molecule has 0 spiro atoms. The van der Waals surface area contributed by atoms with Gasteiger partial charge in [0, 0.05) is 16.8 Å². The molecule has 0 saturated carbocycles. The van der Waals surface area contributed by atoms with Gasteiger partial charge >= 0.3 is 0 Å². The third-order valence-electron chi connectivity index (χ3n) is 5.27. The number of nitrogens with zero attached hydrogens (tertiary/aromatic N) is 1. The monoisotopic (exact) mass is 445 g/mol. The average molecular weight is 446 g/mol. The van der Waals surface area contributed by atoms with Gasteiger partial charge in [0.25, 0.3) is 0 Å². The Balaban J connectivity index is 1.62. The van der Waals surface area contributed by atoms with Crippen LogP contribution in [0.4, 0.5) is 11.4 Å². The van der Waals surface area contributed by atoms with Gasteiger partial charge in [0.05, 0.1) is 25.4 Å². The number of ketones is 1. The molecular formula is C26H27N3O4. The van der Waals surface area contributed by atoms with E-state index in [1.807, 2.05) is 6.07 Å². The molecule has 0 aliphatic rings. The molecule has 0 aliphatic carbocycles. The number of ether oxygens (including phenoxy) is 1. The van der Waals surface area contributed by atoms with E-state index in [1.54, 1.807) is 98.8 Å². The molecule has 3 rings (SSSR count). The molecule has 0 bridgehead atoms. The van der Waals surface area contributed by atoms with Crippen LogP contribution in [0.5, 0.6) is 5.75 Å². The fourth-order valence-electron chi connectivity index (χ4n) is 3.21. The van der Waals surface area contributed by atoms with Gasteiger partial charge in [-0.15, -0.1) is 0 Å². The molecule has 0 unspecified atom stereocenters. The highest BCUT2D eigenvalue weighted by Gasteiger charge is 2.22. The van der Waals surface area contributed by atoms with Gasteiger partial charge in [0.1, 0.15) is 5.75 Å². The fourth-order valence-corrected chi connectivity index (χ4v) is 3.21. The molecule has 1 atom stereocenters. The summed E-state index contributed by atoms with van der Waals surface area (Å²) < 4.78 is 5.11. The highest BCUT2D eigenvalue weighted by Crippen LogP contribution is 2.20. The van der Waals surface area contributed by atoms with Crippen molar-refractivity contribution >= 4 is 29.0 Å². The second-order valence-electron chi connectivity index (χ2n) is 7.60. The Morgan fingerprint density at radius 2 is 1.52 bits per heavy atom. The number of amides is 2. The topological polar surface area (TPSA) is 87.7 Å². The molecule has 33 heavy (non-hydrogen) atoms. The van der Waals surface area contributed by atoms with Gasteiger partial charge in [-0.3, -0.25) is 19.3 Å². The van der Waals surface area contributed by atoms with Crippen LogP contribution in [0.3, 0.4) is 0 Å². The summed E-state index contributed by atoms with van der Waals surface area (Å²) in [6.07, 6.45) is 0. The molecular weight excluding hydrogens is 418 g/mol. The van der Waals surface area contributed by atoms with Gasteiger partial charge in [0.15, 0.2) is 5.78 Å². The second kappa shape index (κ2) is 11.1. The van der Waals surface area contributed by atoms with Gasteiger partial charge < -0.3 is 15.4 Å². The van der Waals surface area contributed by atoms with Crippen molar-refractivity contribution in [1.82, 2.24) is 4.90 Å². The standard InChI is InChI=1S/C26H27N3O4/c1-18(29(2)17-24(30)27-20-13-15-21(33-3)16-14-20)26(32)28-23-12-8-7-11-22(23)25(31)19-9-5-4-6-10-19/h4-16,18H,17H2,1-3H3,(H,27,30)(H,28,32)/t18-/m1/s1. The number of nitrogens with one attached hydrogen (secondary N) is 2. The summed E-state index contributed by atoms with van der Waals surface area (Å²) in [6, 6.07) is 22.2. The van der Waals surface area contributed by atoms with E-state index in [2.05, 4.69) is 10.6 Å². The number of anilines is 2. The van der Waals surface area contributed by atoms with E-state index in [0.29, 0.717) is 28.3 Å². The van der Waals surface area contributed by atoms with Gasteiger partial charge in [-0.1, -0.05) is 42.5 Å². The Bertz CT molecular complexity index is 1110. The molecule has 0 heterocycles. The number of rotatable bonds is 9. The molecule has 0 fully saturated rings. The minimum absolute atomic E-state index is 0.0191. The van der Waals surface area contributed by atoms with Crippen molar-refractivity contribution in [2.24, 2.45) is 0 Å². The van der Waals surface area contributed by atoms with Crippen LogP contribution in [-0.4, -0.2) is 49.2 Å². The zero-order valence-corrected chi connectivity index (χ0v) is 18.9. The highest BCUT2D eigenvalue weighted by atomic mass is 16.5. The summed E-state index contributed by atoms with van der Waals surface area (Å²) >= 11 is 0. The maximum absolute atomic E-state index is 12.9. The quantitative estimate of drug-likeness (QED) is 0.489. The van der Waals surface area contributed by atoms with Crippen molar-refractivity contribution < 1.29 is 19.1 Å². The zero-order valence-electron chi connectivity index (χ0n) is 18.9. The molecule has 0 saturated heterocycles. The number of hydrogen-bond acceptors (Lipinski definition) is 5. The lowest BCUT2D eigenvalue weighted by molar-refractivity contribution is -0.122. The normalized spacial score (nSPS) is 11.5. The number of para-hydroxylation sites is 1. The molecule has 170 valence electrons. The molecule has 3 aromatic carbocycles. The number of benzene rings is 3. The van der Waals surface area contributed by atoms with Crippen molar-refractivity contribution in [3.05, 3.63) is 90.0 Å². The van der Waals surface area contributed by atoms with Crippen molar-refractivity contribution in [3.63, 3.8) is 0 Å². The van der Waals surface area contributed by atoms with E-state index in [4.69, 9.17) is 4.74 Å². The van der Waals surface area contributed by atoms with Gasteiger partial charge in [-0.05, 0) is 50.4 Å².